The molecule has 0 unspecified atom stereocenters. The van der Waals surface area contributed by atoms with E-state index in [0.29, 0.717) is 6.04 Å². The molecule has 2 rings (SSSR count). The minimum Gasteiger partial charge on any atom is -0.326 e. The molecule has 0 amide bonds. The van der Waals surface area contributed by atoms with Crippen LogP contribution in [-0.2, 0) is 0 Å². The van der Waals surface area contributed by atoms with Crippen LogP contribution in [0.2, 0.25) is 0 Å². The molecular weight excluding hydrogens is 278 g/mol. The highest BCUT2D eigenvalue weighted by molar-refractivity contribution is 9.10. The van der Waals surface area contributed by atoms with E-state index in [1.165, 1.54) is 5.56 Å². The zero-order chi connectivity index (χ0) is 12.4. The van der Waals surface area contributed by atoms with Crippen molar-refractivity contribution in [1.29, 1.82) is 0 Å². The van der Waals surface area contributed by atoms with Crippen molar-refractivity contribution in [3.05, 3.63) is 40.6 Å². The predicted molar refractivity (Wildman–Crippen MR) is 74.8 cm³/mol. The van der Waals surface area contributed by atoms with Crippen molar-refractivity contribution in [3.63, 3.8) is 0 Å². The third kappa shape index (κ3) is 2.88. The summed E-state index contributed by atoms with van der Waals surface area (Å²) in [6.07, 6.45) is 3.80. The third-order valence-electron chi connectivity index (χ3n) is 2.52. The van der Waals surface area contributed by atoms with E-state index in [9.17, 15) is 0 Å². The average Bonchev–Trinajstić information content (AvgIpc) is 2.63. The molecule has 17 heavy (non-hydrogen) atoms. The highest BCUT2D eigenvalue weighted by atomic mass is 79.9. The smallest absolute Gasteiger partial charge is 0.207 e. The zero-order valence-electron chi connectivity index (χ0n) is 10.2. The standard InChI is InChI=1S/C13H16BrN3/c1-9(2)17-5-4-15-13(17)16-12-7-10(3)6-11(14)8-12/h4-9H,1-3H3,(H,15,16). The summed E-state index contributed by atoms with van der Waals surface area (Å²) in [5, 5.41) is 3.34. The van der Waals surface area contributed by atoms with Gasteiger partial charge in [-0.25, -0.2) is 4.98 Å². The lowest BCUT2D eigenvalue weighted by molar-refractivity contribution is 0.608. The second kappa shape index (κ2) is 4.92. The molecule has 90 valence electrons. The van der Waals surface area contributed by atoms with Gasteiger partial charge in [-0.1, -0.05) is 15.9 Å². The number of hydrogen-bond acceptors (Lipinski definition) is 2. The van der Waals surface area contributed by atoms with Gasteiger partial charge in [0.2, 0.25) is 5.95 Å². The van der Waals surface area contributed by atoms with Crippen LogP contribution in [0.3, 0.4) is 0 Å². The SMILES string of the molecule is Cc1cc(Br)cc(Nc2nccn2C(C)C)c1. The summed E-state index contributed by atoms with van der Waals surface area (Å²) in [6, 6.07) is 6.63. The first-order valence-electron chi connectivity index (χ1n) is 5.63. The lowest BCUT2D eigenvalue weighted by Crippen LogP contribution is -2.05. The van der Waals surface area contributed by atoms with Gasteiger partial charge in [0.05, 0.1) is 0 Å². The number of aryl methyl sites for hydroxylation is 1. The first kappa shape index (κ1) is 12.2. The highest BCUT2D eigenvalue weighted by Gasteiger charge is 2.06. The molecule has 0 aliphatic rings. The Hall–Kier alpha value is -1.29. The first-order chi connectivity index (χ1) is 8.06. The van der Waals surface area contributed by atoms with Gasteiger partial charge >= 0.3 is 0 Å². The van der Waals surface area contributed by atoms with E-state index in [2.05, 4.69) is 63.7 Å². The molecule has 1 heterocycles. The monoisotopic (exact) mass is 293 g/mol. The fraction of sp³-hybridized carbons (Fsp3) is 0.308. The summed E-state index contributed by atoms with van der Waals surface area (Å²) >= 11 is 3.50. The molecule has 0 bridgehead atoms. The number of aromatic nitrogens is 2. The Labute approximate surface area is 110 Å². The summed E-state index contributed by atoms with van der Waals surface area (Å²) in [5.74, 6) is 0.873. The first-order valence-corrected chi connectivity index (χ1v) is 6.42. The van der Waals surface area contributed by atoms with Gasteiger partial charge in [-0.15, -0.1) is 0 Å². The molecule has 0 fully saturated rings. The van der Waals surface area contributed by atoms with E-state index in [1.54, 1.807) is 0 Å². The summed E-state index contributed by atoms with van der Waals surface area (Å²) in [7, 11) is 0. The van der Waals surface area contributed by atoms with Gasteiger partial charge in [0.15, 0.2) is 0 Å². The Morgan fingerprint density at radius 1 is 1.29 bits per heavy atom. The van der Waals surface area contributed by atoms with Crippen molar-refractivity contribution in [2.24, 2.45) is 0 Å². The Morgan fingerprint density at radius 2 is 2.06 bits per heavy atom. The van der Waals surface area contributed by atoms with Crippen LogP contribution >= 0.6 is 15.9 Å². The number of halogens is 1. The lowest BCUT2D eigenvalue weighted by atomic mass is 10.2. The van der Waals surface area contributed by atoms with Crippen LogP contribution in [0.1, 0.15) is 25.5 Å². The second-order valence-corrected chi connectivity index (χ2v) is 5.31. The minimum absolute atomic E-state index is 0.397. The molecule has 1 aromatic carbocycles. The number of benzene rings is 1. The molecule has 2 aromatic rings. The van der Waals surface area contributed by atoms with Gasteiger partial charge < -0.3 is 9.88 Å². The molecule has 0 atom stereocenters. The minimum atomic E-state index is 0.397. The van der Waals surface area contributed by atoms with E-state index in [-0.39, 0.29) is 0 Å². The van der Waals surface area contributed by atoms with Crippen molar-refractivity contribution in [3.8, 4) is 0 Å². The number of imidazole rings is 1. The van der Waals surface area contributed by atoms with Gasteiger partial charge in [0.25, 0.3) is 0 Å². The van der Waals surface area contributed by atoms with E-state index in [4.69, 9.17) is 0 Å². The van der Waals surface area contributed by atoms with Crippen molar-refractivity contribution in [1.82, 2.24) is 9.55 Å². The van der Waals surface area contributed by atoms with Crippen molar-refractivity contribution in [2.45, 2.75) is 26.8 Å². The van der Waals surface area contributed by atoms with Crippen LogP contribution in [0.5, 0.6) is 0 Å². The number of nitrogens with one attached hydrogen (secondary N) is 1. The van der Waals surface area contributed by atoms with Crippen LogP contribution in [0, 0.1) is 6.92 Å². The molecule has 0 aliphatic heterocycles. The summed E-state index contributed by atoms with van der Waals surface area (Å²) in [6.45, 7) is 6.35. The van der Waals surface area contributed by atoms with Crippen LogP contribution in [0.25, 0.3) is 0 Å². The van der Waals surface area contributed by atoms with Gasteiger partial charge in [-0.3, -0.25) is 0 Å². The quantitative estimate of drug-likeness (QED) is 0.915. The molecule has 0 saturated carbocycles. The van der Waals surface area contributed by atoms with Gasteiger partial charge in [-0.2, -0.15) is 0 Å². The Bertz CT molecular complexity index is 497. The average molecular weight is 294 g/mol. The van der Waals surface area contributed by atoms with Gasteiger partial charge in [0.1, 0.15) is 0 Å². The van der Waals surface area contributed by atoms with Crippen LogP contribution in [-0.4, -0.2) is 9.55 Å². The Balaban J connectivity index is 2.28. The number of hydrogen-bond donors (Lipinski definition) is 1. The van der Waals surface area contributed by atoms with Gasteiger partial charge in [0, 0.05) is 28.6 Å². The maximum atomic E-state index is 4.33. The molecule has 0 spiro atoms. The number of rotatable bonds is 3. The highest BCUT2D eigenvalue weighted by Crippen LogP contribution is 2.23. The molecule has 1 aromatic heterocycles. The Kier molecular flexibility index (Phi) is 3.52. The fourth-order valence-corrected chi connectivity index (χ4v) is 2.37. The third-order valence-corrected chi connectivity index (χ3v) is 2.98. The molecular formula is C13H16BrN3. The molecule has 0 saturated heterocycles. The van der Waals surface area contributed by atoms with Crippen molar-refractivity contribution < 1.29 is 0 Å². The van der Waals surface area contributed by atoms with E-state index >= 15 is 0 Å². The molecule has 1 N–H and O–H groups in total. The van der Waals surface area contributed by atoms with Crippen LogP contribution in [0.15, 0.2) is 35.1 Å². The van der Waals surface area contributed by atoms with Crippen molar-refractivity contribution in [2.75, 3.05) is 5.32 Å². The maximum Gasteiger partial charge on any atom is 0.207 e. The topological polar surface area (TPSA) is 29.9 Å². The van der Waals surface area contributed by atoms with Crippen LogP contribution in [0.4, 0.5) is 11.6 Å². The lowest BCUT2D eigenvalue weighted by Gasteiger charge is -2.13. The van der Waals surface area contributed by atoms with Crippen LogP contribution < -0.4 is 5.32 Å². The largest absolute Gasteiger partial charge is 0.326 e. The molecule has 0 radical (unpaired) electrons. The Morgan fingerprint density at radius 3 is 2.71 bits per heavy atom. The number of anilines is 2. The second-order valence-electron chi connectivity index (χ2n) is 4.39. The zero-order valence-corrected chi connectivity index (χ0v) is 11.8. The predicted octanol–water partition coefficient (Wildman–Crippen LogP) is 4.28. The fourth-order valence-electron chi connectivity index (χ4n) is 1.76. The summed E-state index contributed by atoms with van der Waals surface area (Å²) < 4.78 is 3.18. The van der Waals surface area contributed by atoms with E-state index in [1.807, 2.05) is 18.5 Å². The normalized spacial score (nSPS) is 10.9. The molecule has 0 aliphatic carbocycles. The van der Waals surface area contributed by atoms with E-state index in [0.717, 1.165) is 16.1 Å². The number of nitrogens with zero attached hydrogens (tertiary/aromatic N) is 2. The molecule has 4 heteroatoms. The summed E-state index contributed by atoms with van der Waals surface area (Å²) in [5.41, 5.74) is 2.26. The maximum absolute atomic E-state index is 4.33. The van der Waals surface area contributed by atoms with Gasteiger partial charge in [-0.05, 0) is 44.5 Å². The van der Waals surface area contributed by atoms with Crippen molar-refractivity contribution >= 4 is 27.6 Å². The summed E-state index contributed by atoms with van der Waals surface area (Å²) in [4.78, 5) is 4.33. The van der Waals surface area contributed by atoms with E-state index < -0.39 is 0 Å². The molecule has 3 nitrogen and oxygen atoms in total.